The monoisotopic (exact) mass is 482 g/mol. The Kier molecular flexibility index (Phi) is 12.1. The summed E-state index contributed by atoms with van der Waals surface area (Å²) in [5.74, 6) is -1.09. The fourth-order valence-corrected chi connectivity index (χ4v) is 4.14. The van der Waals surface area contributed by atoms with Crippen molar-refractivity contribution >= 4 is 30.4 Å². The van der Waals surface area contributed by atoms with Crippen LogP contribution < -0.4 is 11.1 Å². The topological polar surface area (TPSA) is 288 Å². The van der Waals surface area contributed by atoms with Crippen LogP contribution in [0.1, 0.15) is 19.8 Å². The highest BCUT2D eigenvalue weighted by Gasteiger charge is 2.55. The van der Waals surface area contributed by atoms with Crippen molar-refractivity contribution in [2.45, 2.75) is 30.6 Å². The fourth-order valence-electron chi connectivity index (χ4n) is 1.30. The molecular formula is C8H26N2O13P4. The lowest BCUT2D eigenvalue weighted by Crippen LogP contribution is -2.33. The van der Waals surface area contributed by atoms with Crippen LogP contribution in [0.5, 0.6) is 0 Å². The van der Waals surface area contributed by atoms with E-state index in [0.717, 1.165) is 0 Å². The van der Waals surface area contributed by atoms with E-state index in [-0.39, 0.29) is 32.1 Å². The molecule has 0 radical (unpaired) electrons. The first-order chi connectivity index (χ1) is 11.7. The van der Waals surface area contributed by atoms with Gasteiger partial charge in [0, 0.05) is 19.3 Å². The minimum Gasteiger partial charge on any atom is -0.368 e. The Morgan fingerprint density at radius 2 is 1.33 bits per heavy atom. The molecule has 0 aliphatic heterocycles. The van der Waals surface area contributed by atoms with E-state index < -0.39 is 41.2 Å². The maximum absolute atomic E-state index is 11.0. The largest absolute Gasteiger partial charge is 0.369 e. The molecule has 0 bridgehead atoms. The molecule has 0 amide bonds. The zero-order valence-corrected chi connectivity index (χ0v) is 17.7. The standard InChI is InChI=1S/C6H18N2O6P2.C2H8O7P2/c7-3-4-8-6(16(12,13)14)2-1-5-15(9,10)11;1-2(3,10(4,5)6)11(7,8)9/h6,8H,1-5,7H2,(H2,9,10,11)(H2,12,13,14);3H,1H3,(H2,4,5,6)(H2,7,8,9). The van der Waals surface area contributed by atoms with Crippen LogP contribution in [0.3, 0.4) is 0 Å². The van der Waals surface area contributed by atoms with E-state index in [9.17, 15) is 18.3 Å². The van der Waals surface area contributed by atoms with Crippen LogP contribution in [0.2, 0.25) is 0 Å². The molecular weight excluding hydrogens is 456 g/mol. The molecule has 0 fully saturated rings. The molecule has 1 atom stereocenters. The number of nitrogens with two attached hydrogens (primary N) is 1. The van der Waals surface area contributed by atoms with Gasteiger partial charge in [-0.2, -0.15) is 0 Å². The van der Waals surface area contributed by atoms with Gasteiger partial charge in [0.25, 0.3) is 5.08 Å². The van der Waals surface area contributed by atoms with Crippen LogP contribution in [0.25, 0.3) is 0 Å². The number of hydrogen-bond donors (Lipinski definition) is 11. The molecule has 0 saturated heterocycles. The highest BCUT2D eigenvalue weighted by Crippen LogP contribution is 2.66. The average molecular weight is 482 g/mol. The van der Waals surface area contributed by atoms with Crippen LogP contribution in [0, 0.1) is 0 Å². The van der Waals surface area contributed by atoms with Gasteiger partial charge in [-0.3, -0.25) is 18.3 Å². The average Bonchev–Trinajstić information content (AvgIpc) is 2.38. The normalized spacial score (nSPS) is 15.1. The maximum atomic E-state index is 11.0. The highest BCUT2D eigenvalue weighted by atomic mass is 31.2. The third kappa shape index (κ3) is 12.6. The molecule has 0 rings (SSSR count). The molecule has 0 spiro atoms. The van der Waals surface area contributed by atoms with Crippen molar-refractivity contribution in [3.63, 3.8) is 0 Å². The highest BCUT2D eigenvalue weighted by molar-refractivity contribution is 7.71. The van der Waals surface area contributed by atoms with Crippen molar-refractivity contribution in [2.75, 3.05) is 19.3 Å². The van der Waals surface area contributed by atoms with Crippen LogP contribution in [-0.4, -0.2) is 74.4 Å². The number of nitrogens with one attached hydrogen (secondary N) is 1. The molecule has 12 N–H and O–H groups in total. The summed E-state index contributed by atoms with van der Waals surface area (Å²) in [6.07, 6.45) is -0.346. The van der Waals surface area contributed by atoms with Crippen molar-refractivity contribution in [1.29, 1.82) is 0 Å². The summed E-state index contributed by atoms with van der Waals surface area (Å²) < 4.78 is 42.0. The van der Waals surface area contributed by atoms with Gasteiger partial charge in [0.05, 0.1) is 0 Å². The lowest BCUT2D eigenvalue weighted by molar-refractivity contribution is 0.146. The number of aliphatic hydroxyl groups is 1. The summed E-state index contributed by atoms with van der Waals surface area (Å²) in [4.78, 5) is 68.1. The van der Waals surface area contributed by atoms with Gasteiger partial charge in [-0.05, 0) is 19.8 Å². The summed E-state index contributed by atoms with van der Waals surface area (Å²) in [7, 11) is -18.8. The Morgan fingerprint density at radius 3 is 1.56 bits per heavy atom. The van der Waals surface area contributed by atoms with Crippen molar-refractivity contribution in [2.24, 2.45) is 5.73 Å². The van der Waals surface area contributed by atoms with E-state index in [0.29, 0.717) is 6.92 Å². The molecule has 0 aromatic carbocycles. The second-order valence-electron chi connectivity index (χ2n) is 5.44. The van der Waals surface area contributed by atoms with Gasteiger partial charge in [-0.15, -0.1) is 0 Å². The predicted octanol–water partition coefficient (Wildman–Crippen LogP) is -2.00. The molecule has 0 saturated carbocycles. The van der Waals surface area contributed by atoms with Gasteiger partial charge in [0.1, 0.15) is 5.78 Å². The molecule has 1 unspecified atom stereocenters. The van der Waals surface area contributed by atoms with Gasteiger partial charge in [-0.1, -0.05) is 0 Å². The zero-order valence-electron chi connectivity index (χ0n) is 14.1. The third-order valence-electron chi connectivity index (χ3n) is 2.96. The Balaban J connectivity index is 0. The van der Waals surface area contributed by atoms with E-state index in [1.54, 1.807) is 0 Å². The second-order valence-corrected chi connectivity index (χ2v) is 13.3. The van der Waals surface area contributed by atoms with Gasteiger partial charge >= 0.3 is 30.4 Å². The van der Waals surface area contributed by atoms with Crippen LogP contribution in [0.15, 0.2) is 0 Å². The van der Waals surface area contributed by atoms with E-state index in [1.807, 2.05) is 0 Å². The SMILES string of the molecule is CC(O)(P(=O)(O)O)P(=O)(O)O.NCCNC(CCCP(=O)(O)O)P(=O)(O)O. The molecule has 0 aromatic heterocycles. The number of rotatable bonds is 10. The van der Waals surface area contributed by atoms with E-state index >= 15 is 0 Å². The Hall–Kier alpha value is 0.480. The van der Waals surface area contributed by atoms with Crippen LogP contribution in [-0.2, 0) is 18.3 Å². The molecule has 27 heavy (non-hydrogen) atoms. The third-order valence-corrected chi connectivity index (χ3v) is 8.88. The lowest BCUT2D eigenvalue weighted by atomic mass is 10.3. The van der Waals surface area contributed by atoms with Gasteiger partial charge in [0.15, 0.2) is 0 Å². The summed E-state index contributed by atoms with van der Waals surface area (Å²) in [6.45, 7) is 0.856. The quantitative estimate of drug-likeness (QED) is 0.150. The molecule has 15 nitrogen and oxygen atoms in total. The number of hydrogen-bond acceptors (Lipinski definition) is 7. The van der Waals surface area contributed by atoms with E-state index in [1.165, 1.54) is 0 Å². The minimum atomic E-state index is -5.20. The van der Waals surface area contributed by atoms with Crippen molar-refractivity contribution in [3.05, 3.63) is 0 Å². The smallest absolute Gasteiger partial charge is 0.368 e. The Bertz CT molecular complexity index is 606. The molecule has 0 heterocycles. The summed E-state index contributed by atoms with van der Waals surface area (Å²) in [5.41, 5.74) is 5.18. The molecule has 166 valence electrons. The molecule has 0 aliphatic carbocycles. The van der Waals surface area contributed by atoms with Crippen molar-refractivity contribution in [1.82, 2.24) is 5.32 Å². The minimum absolute atomic E-state index is 0.00458. The lowest BCUT2D eigenvalue weighted by Gasteiger charge is -2.24. The van der Waals surface area contributed by atoms with Gasteiger partial charge in [-0.25, -0.2) is 0 Å². The van der Waals surface area contributed by atoms with Crippen LogP contribution >= 0.6 is 30.4 Å². The van der Waals surface area contributed by atoms with E-state index in [4.69, 9.17) is 50.0 Å². The first-order valence-corrected chi connectivity index (χ1v) is 13.7. The van der Waals surface area contributed by atoms with E-state index in [2.05, 4.69) is 5.32 Å². The molecule has 19 heteroatoms. The van der Waals surface area contributed by atoms with Crippen molar-refractivity contribution in [3.8, 4) is 0 Å². The summed E-state index contributed by atoms with van der Waals surface area (Å²) >= 11 is 0. The molecule has 0 aromatic rings. The Labute approximate surface area is 154 Å². The van der Waals surface area contributed by atoms with Gasteiger partial charge in [0.2, 0.25) is 0 Å². The van der Waals surface area contributed by atoms with Crippen molar-refractivity contribution < 1.29 is 62.5 Å². The first kappa shape index (κ1) is 29.7. The fraction of sp³-hybridized carbons (Fsp3) is 1.00. The zero-order chi connectivity index (χ0) is 22.3. The Morgan fingerprint density at radius 1 is 0.926 bits per heavy atom. The summed E-state index contributed by atoms with van der Waals surface area (Å²) in [5, 5.41) is 7.92. The maximum Gasteiger partial charge on any atom is 0.369 e. The first-order valence-electron chi connectivity index (χ1n) is 7.03. The second kappa shape index (κ2) is 11.0. The van der Waals surface area contributed by atoms with Crippen LogP contribution in [0.4, 0.5) is 0 Å². The summed E-state index contributed by atoms with van der Waals surface area (Å²) in [6, 6.07) is 0. The predicted molar refractivity (Wildman–Crippen MR) is 93.7 cm³/mol. The van der Waals surface area contributed by atoms with Gasteiger partial charge < -0.3 is 55.3 Å². The molecule has 0 aliphatic rings.